The molecule has 0 radical (unpaired) electrons. The maximum Gasteiger partial charge on any atom is 0.439 e. The summed E-state index contributed by atoms with van der Waals surface area (Å²) in [6, 6.07) is 14.7. The molecule has 39 heavy (non-hydrogen) atoms. The molecule has 2 aromatic carbocycles. The average Bonchev–Trinajstić information content (AvgIpc) is 3.63. The number of hydrogen-bond acceptors (Lipinski definition) is 6. The van der Waals surface area contributed by atoms with Gasteiger partial charge in [0.1, 0.15) is 18.2 Å². The molecule has 1 aliphatic heterocycles. The van der Waals surface area contributed by atoms with Crippen molar-refractivity contribution in [3.05, 3.63) is 111 Å². The topological polar surface area (TPSA) is 94.6 Å². The number of allylic oxidation sites excluding steroid dienone is 1. The summed E-state index contributed by atoms with van der Waals surface area (Å²) in [6.45, 7) is 2.12. The number of hydrogen-bond donors (Lipinski definition) is 1. The third-order valence-corrected chi connectivity index (χ3v) is 7.51. The molecule has 1 N–H and O–H groups in total. The van der Waals surface area contributed by atoms with Crippen LogP contribution in [0.4, 0.5) is 4.39 Å². The number of rotatable bonds is 5. The second kappa shape index (κ2) is 8.97. The molecule has 8 nitrogen and oxygen atoms in total. The fourth-order valence-electron chi connectivity index (χ4n) is 5.48. The lowest BCUT2D eigenvalue weighted by atomic mass is 9.89. The van der Waals surface area contributed by atoms with Crippen molar-refractivity contribution < 1.29 is 18.4 Å². The van der Waals surface area contributed by atoms with Crippen LogP contribution in [0.1, 0.15) is 65.1 Å². The van der Waals surface area contributed by atoms with E-state index in [2.05, 4.69) is 32.7 Å². The number of nitrogens with zero attached hydrogens (tertiary/aromatic N) is 3. The lowest BCUT2D eigenvalue weighted by molar-refractivity contribution is 0.305. The third kappa shape index (κ3) is 4.01. The number of aromatic amines is 1. The van der Waals surface area contributed by atoms with Crippen molar-refractivity contribution in [3.63, 3.8) is 0 Å². The second-order valence-electron chi connectivity index (χ2n) is 10.0. The molecule has 2 aliphatic rings. The van der Waals surface area contributed by atoms with E-state index in [0.717, 1.165) is 57.9 Å². The lowest BCUT2D eigenvalue weighted by Crippen LogP contribution is -2.02. The first-order valence-electron chi connectivity index (χ1n) is 12.9. The molecule has 0 spiro atoms. The molecule has 5 aromatic rings. The highest BCUT2D eigenvalue weighted by Crippen LogP contribution is 2.44. The normalized spacial score (nSPS) is 15.9. The average molecular weight is 525 g/mol. The van der Waals surface area contributed by atoms with E-state index in [1.807, 2.05) is 25.3 Å². The number of nitrogens with one attached hydrogen (secondary N) is 1. The van der Waals surface area contributed by atoms with Gasteiger partial charge in [0.15, 0.2) is 17.2 Å². The predicted molar refractivity (Wildman–Crippen MR) is 142 cm³/mol. The summed E-state index contributed by atoms with van der Waals surface area (Å²) in [7, 11) is 1.67. The molecule has 9 heteroatoms. The highest BCUT2D eigenvalue weighted by molar-refractivity contribution is 5.99. The lowest BCUT2D eigenvalue weighted by Gasteiger charge is -2.14. The van der Waals surface area contributed by atoms with Gasteiger partial charge >= 0.3 is 5.76 Å². The van der Waals surface area contributed by atoms with Crippen LogP contribution < -0.4 is 15.2 Å². The van der Waals surface area contributed by atoms with Crippen LogP contribution in [0.25, 0.3) is 16.8 Å². The Morgan fingerprint density at radius 1 is 1.18 bits per heavy atom. The quantitative estimate of drug-likeness (QED) is 0.326. The molecule has 4 heterocycles. The van der Waals surface area contributed by atoms with Crippen LogP contribution in [0, 0.1) is 5.82 Å². The van der Waals surface area contributed by atoms with E-state index in [1.54, 1.807) is 13.2 Å². The van der Waals surface area contributed by atoms with Crippen LogP contribution in [0.5, 0.6) is 11.5 Å². The van der Waals surface area contributed by atoms with Gasteiger partial charge < -0.3 is 13.9 Å². The van der Waals surface area contributed by atoms with Gasteiger partial charge in [0, 0.05) is 35.7 Å². The first-order chi connectivity index (χ1) is 19.0. The molecular formula is C30H25FN4O4. The van der Waals surface area contributed by atoms with Crippen molar-refractivity contribution >= 4 is 16.8 Å². The zero-order valence-corrected chi connectivity index (χ0v) is 21.5. The number of methoxy groups -OCH3 is 1. The highest BCUT2D eigenvalue weighted by atomic mass is 19.1. The Balaban J connectivity index is 1.36. The van der Waals surface area contributed by atoms with Crippen molar-refractivity contribution in [2.24, 2.45) is 0 Å². The van der Waals surface area contributed by atoms with Crippen molar-refractivity contribution in [2.75, 3.05) is 7.11 Å². The Morgan fingerprint density at radius 2 is 2.03 bits per heavy atom. The number of pyridine rings is 1. The van der Waals surface area contributed by atoms with Crippen LogP contribution in [0.15, 0.2) is 64.0 Å². The molecule has 1 fully saturated rings. The number of aromatic nitrogens is 4. The molecule has 1 aliphatic carbocycles. The van der Waals surface area contributed by atoms with Gasteiger partial charge in [0.05, 0.1) is 18.5 Å². The Labute approximate surface area is 222 Å². The van der Waals surface area contributed by atoms with E-state index in [-0.39, 0.29) is 12.4 Å². The van der Waals surface area contributed by atoms with Gasteiger partial charge in [-0.2, -0.15) is 0 Å². The van der Waals surface area contributed by atoms with Gasteiger partial charge in [0.25, 0.3) is 0 Å². The van der Waals surface area contributed by atoms with Crippen molar-refractivity contribution in [3.8, 4) is 11.5 Å². The van der Waals surface area contributed by atoms with Crippen LogP contribution in [-0.2, 0) is 13.0 Å². The predicted octanol–water partition coefficient (Wildman–Crippen LogP) is 5.50. The summed E-state index contributed by atoms with van der Waals surface area (Å²) < 4.78 is 32.8. The fourth-order valence-corrected chi connectivity index (χ4v) is 5.48. The third-order valence-electron chi connectivity index (χ3n) is 7.51. The van der Waals surface area contributed by atoms with Gasteiger partial charge in [0.2, 0.25) is 0 Å². The maximum atomic E-state index is 14.2. The van der Waals surface area contributed by atoms with Crippen molar-refractivity contribution in [1.82, 2.24) is 19.5 Å². The monoisotopic (exact) mass is 524 g/mol. The SMILES string of the molecule is COc1cccn2c(Cc3ccc4c(c3)COc3cc(F)ccc3/C4=C(\C)c3noc(=O)[nH]3)c(C3CC3)nc12. The van der Waals surface area contributed by atoms with E-state index in [9.17, 15) is 9.18 Å². The van der Waals surface area contributed by atoms with Crippen LogP contribution in [0.2, 0.25) is 0 Å². The summed E-state index contributed by atoms with van der Waals surface area (Å²) in [5.74, 6) is 0.944. The van der Waals surface area contributed by atoms with E-state index in [1.165, 1.54) is 12.1 Å². The number of H-pyrrole nitrogens is 1. The van der Waals surface area contributed by atoms with Crippen LogP contribution in [-0.4, -0.2) is 26.6 Å². The Hall–Kier alpha value is -4.66. The smallest absolute Gasteiger partial charge is 0.439 e. The van der Waals surface area contributed by atoms with Gasteiger partial charge in [-0.15, -0.1) is 0 Å². The molecule has 0 saturated heterocycles. The van der Waals surface area contributed by atoms with Gasteiger partial charge in [-0.3, -0.25) is 9.51 Å². The zero-order chi connectivity index (χ0) is 26.7. The van der Waals surface area contributed by atoms with Crippen LogP contribution in [0.3, 0.4) is 0 Å². The molecule has 1 saturated carbocycles. The Morgan fingerprint density at radius 3 is 2.79 bits per heavy atom. The van der Waals surface area contributed by atoms with Crippen molar-refractivity contribution in [1.29, 1.82) is 0 Å². The summed E-state index contributed by atoms with van der Waals surface area (Å²) in [4.78, 5) is 19.3. The fraction of sp³-hybridized carbons (Fsp3) is 0.233. The first kappa shape index (κ1) is 23.5. The molecule has 0 unspecified atom stereocenters. The largest absolute Gasteiger partial charge is 0.493 e. The van der Waals surface area contributed by atoms with Gasteiger partial charge in [-0.05, 0) is 66.3 Å². The molecular weight excluding hydrogens is 499 g/mol. The summed E-state index contributed by atoms with van der Waals surface area (Å²) in [5.41, 5.74) is 8.29. The summed E-state index contributed by atoms with van der Waals surface area (Å²) in [6.07, 6.45) is 5.00. The van der Waals surface area contributed by atoms with Gasteiger partial charge in [-0.25, -0.2) is 14.2 Å². The van der Waals surface area contributed by atoms with E-state index in [0.29, 0.717) is 35.0 Å². The molecule has 7 rings (SSSR count). The first-order valence-corrected chi connectivity index (χ1v) is 12.9. The number of halogens is 1. The highest BCUT2D eigenvalue weighted by Gasteiger charge is 2.31. The number of ether oxygens (including phenoxy) is 2. The van der Waals surface area contributed by atoms with E-state index in [4.69, 9.17) is 19.0 Å². The second-order valence-corrected chi connectivity index (χ2v) is 10.0. The number of imidazole rings is 1. The minimum Gasteiger partial charge on any atom is -0.493 e. The molecule has 0 bridgehead atoms. The van der Waals surface area contributed by atoms with Crippen molar-refractivity contribution in [2.45, 2.75) is 38.7 Å². The van der Waals surface area contributed by atoms with Gasteiger partial charge in [-0.1, -0.05) is 23.4 Å². The Bertz CT molecular complexity index is 1840. The molecule has 3 aromatic heterocycles. The number of benzene rings is 2. The molecule has 0 atom stereocenters. The minimum absolute atomic E-state index is 0.266. The number of fused-ring (bicyclic) bond motifs is 3. The van der Waals surface area contributed by atoms with E-state index >= 15 is 0 Å². The van der Waals surface area contributed by atoms with Crippen LogP contribution >= 0.6 is 0 Å². The standard InChI is InChI=1S/C30H25FN4O4/c1-16(28-33-30(36)39-34-28)26-21-9-5-17(12-19(21)15-38-25-14-20(31)8-10-22(25)26)13-23-27(18-6-7-18)32-29-24(37-2)4-3-11-35(23)29/h3-5,8-12,14,18H,6-7,13,15H2,1-2H3,(H,33,34,36)/b26-16+. The summed E-state index contributed by atoms with van der Waals surface area (Å²) >= 11 is 0. The zero-order valence-electron chi connectivity index (χ0n) is 21.5. The minimum atomic E-state index is -0.638. The molecule has 0 amide bonds. The summed E-state index contributed by atoms with van der Waals surface area (Å²) in [5, 5.41) is 3.89. The molecule has 196 valence electrons. The maximum absolute atomic E-state index is 14.2. The van der Waals surface area contributed by atoms with E-state index < -0.39 is 5.76 Å². The Kier molecular flexibility index (Phi) is 5.40.